The first-order valence-corrected chi connectivity index (χ1v) is 11.8. The average Bonchev–Trinajstić information content (AvgIpc) is 2.71. The molecule has 2 rings (SSSR count). The van der Waals surface area contributed by atoms with Gasteiger partial charge in [0.25, 0.3) is 5.91 Å². The summed E-state index contributed by atoms with van der Waals surface area (Å²) in [6.45, 7) is 6.33. The van der Waals surface area contributed by atoms with Crippen molar-refractivity contribution < 1.29 is 4.79 Å². The molecule has 1 fully saturated rings. The predicted molar refractivity (Wildman–Crippen MR) is 125 cm³/mol. The van der Waals surface area contributed by atoms with E-state index in [0.29, 0.717) is 5.92 Å². The molecule has 0 heterocycles. The molecule has 4 heteroatoms. The molecule has 0 spiro atoms. The molecule has 0 bridgehead atoms. The van der Waals surface area contributed by atoms with E-state index in [4.69, 9.17) is 0 Å². The number of amides is 1. The summed E-state index contributed by atoms with van der Waals surface area (Å²) in [4.78, 5) is 12.8. The van der Waals surface area contributed by atoms with Crippen LogP contribution >= 0.6 is 0 Å². The highest BCUT2D eigenvalue weighted by Gasteiger charge is 2.16. The van der Waals surface area contributed by atoms with E-state index >= 15 is 0 Å². The van der Waals surface area contributed by atoms with Crippen LogP contribution in [0.25, 0.3) is 0 Å². The summed E-state index contributed by atoms with van der Waals surface area (Å²) in [6, 6.07) is 8.42. The lowest BCUT2D eigenvalue weighted by Crippen LogP contribution is -2.35. The van der Waals surface area contributed by atoms with Crippen molar-refractivity contribution in [1.82, 2.24) is 5.32 Å². The number of hydrogen-bond donors (Lipinski definition) is 2. The van der Waals surface area contributed by atoms with Crippen LogP contribution in [0, 0.1) is 18.3 Å². The van der Waals surface area contributed by atoms with Gasteiger partial charge in [0.05, 0.1) is 0 Å². The summed E-state index contributed by atoms with van der Waals surface area (Å²) >= 11 is 0. The van der Waals surface area contributed by atoms with Crippen molar-refractivity contribution >= 4 is 11.6 Å². The molecule has 0 atom stereocenters. The molecule has 1 saturated carbocycles. The molecule has 1 aromatic carbocycles. The van der Waals surface area contributed by atoms with Gasteiger partial charge in [0.2, 0.25) is 0 Å². The quantitative estimate of drug-likeness (QED) is 0.419. The number of carbonyl (C=O) groups is 1. The number of nitriles is 1. The van der Waals surface area contributed by atoms with E-state index in [-0.39, 0.29) is 17.5 Å². The van der Waals surface area contributed by atoms with E-state index in [1.165, 1.54) is 50.5 Å². The Hall–Kier alpha value is -2.28. The Kier molecular flexibility index (Phi) is 10.5. The molecule has 1 aromatic rings. The van der Waals surface area contributed by atoms with Gasteiger partial charge < -0.3 is 10.6 Å². The van der Waals surface area contributed by atoms with E-state index in [1.54, 1.807) is 6.20 Å². The zero-order valence-corrected chi connectivity index (χ0v) is 19.1. The maximum Gasteiger partial charge on any atom is 0.263 e. The minimum atomic E-state index is -0.262. The van der Waals surface area contributed by atoms with Crippen LogP contribution in [0.4, 0.5) is 5.69 Å². The van der Waals surface area contributed by atoms with Crippen LogP contribution in [0.2, 0.25) is 0 Å². The molecule has 1 aliphatic rings. The highest BCUT2D eigenvalue weighted by Crippen LogP contribution is 2.27. The maximum atomic E-state index is 12.8. The van der Waals surface area contributed by atoms with Crippen LogP contribution in [0.5, 0.6) is 0 Å². The molecule has 1 aliphatic carbocycles. The molecular weight excluding hydrogens is 370 g/mol. The Morgan fingerprint density at radius 2 is 1.60 bits per heavy atom. The van der Waals surface area contributed by atoms with Gasteiger partial charge in [-0.3, -0.25) is 4.79 Å². The van der Waals surface area contributed by atoms with Crippen molar-refractivity contribution in [3.63, 3.8) is 0 Å². The Morgan fingerprint density at radius 1 is 1.03 bits per heavy atom. The second kappa shape index (κ2) is 13.1. The number of benzene rings is 1. The van der Waals surface area contributed by atoms with Crippen molar-refractivity contribution in [2.45, 2.75) is 103 Å². The van der Waals surface area contributed by atoms with Gasteiger partial charge in [-0.2, -0.15) is 5.26 Å². The molecule has 0 saturated heterocycles. The van der Waals surface area contributed by atoms with E-state index in [2.05, 4.69) is 36.6 Å². The molecule has 2 N–H and O–H groups in total. The van der Waals surface area contributed by atoms with Crippen molar-refractivity contribution in [3.8, 4) is 6.07 Å². The number of nitrogens with one attached hydrogen (secondary N) is 2. The lowest BCUT2D eigenvalue weighted by atomic mass is 9.97. The van der Waals surface area contributed by atoms with Crippen molar-refractivity contribution in [2.75, 3.05) is 5.32 Å². The molecule has 1 amide bonds. The third-order valence-corrected chi connectivity index (χ3v) is 6.09. The van der Waals surface area contributed by atoms with Crippen LogP contribution in [0.1, 0.15) is 102 Å². The summed E-state index contributed by atoms with van der Waals surface area (Å²) in [5, 5.41) is 16.0. The third kappa shape index (κ3) is 7.86. The van der Waals surface area contributed by atoms with E-state index in [0.717, 1.165) is 36.9 Å². The van der Waals surface area contributed by atoms with Crippen molar-refractivity contribution in [1.29, 1.82) is 5.26 Å². The van der Waals surface area contributed by atoms with Gasteiger partial charge in [0.15, 0.2) is 0 Å². The van der Waals surface area contributed by atoms with Gasteiger partial charge in [-0.25, -0.2) is 0 Å². The molecule has 4 nitrogen and oxygen atoms in total. The molecule has 0 unspecified atom stereocenters. The predicted octanol–water partition coefficient (Wildman–Crippen LogP) is 6.73. The van der Waals surface area contributed by atoms with Crippen LogP contribution in [0.3, 0.4) is 0 Å². The van der Waals surface area contributed by atoms with Crippen molar-refractivity contribution in [2.24, 2.45) is 0 Å². The van der Waals surface area contributed by atoms with Crippen molar-refractivity contribution in [3.05, 3.63) is 41.1 Å². The fourth-order valence-electron chi connectivity index (χ4n) is 4.23. The largest absolute Gasteiger partial charge is 0.360 e. The number of carbonyl (C=O) groups excluding carboxylic acids is 1. The summed E-state index contributed by atoms with van der Waals surface area (Å²) in [5.41, 5.74) is 3.41. The monoisotopic (exact) mass is 409 g/mol. The average molecular weight is 410 g/mol. The Bertz CT molecular complexity index is 733. The first kappa shape index (κ1) is 24.0. The second-order valence-corrected chi connectivity index (χ2v) is 8.94. The Morgan fingerprint density at radius 3 is 2.13 bits per heavy atom. The highest BCUT2D eigenvalue weighted by molar-refractivity contribution is 5.97. The van der Waals surface area contributed by atoms with Gasteiger partial charge in [0.1, 0.15) is 11.6 Å². The summed E-state index contributed by atoms with van der Waals surface area (Å²) in [6.07, 6.45) is 15.0. The lowest BCUT2D eigenvalue weighted by Gasteiger charge is -2.20. The second-order valence-electron chi connectivity index (χ2n) is 8.94. The molecule has 0 aliphatic heterocycles. The van der Waals surface area contributed by atoms with E-state index in [1.807, 2.05) is 19.1 Å². The van der Waals surface area contributed by atoms with Crippen LogP contribution < -0.4 is 10.6 Å². The van der Waals surface area contributed by atoms with Crippen LogP contribution in [-0.2, 0) is 4.79 Å². The molecule has 0 radical (unpaired) electrons. The molecule has 164 valence electrons. The zero-order chi connectivity index (χ0) is 21.8. The van der Waals surface area contributed by atoms with E-state index < -0.39 is 0 Å². The van der Waals surface area contributed by atoms with Gasteiger partial charge in [-0.05, 0) is 36.8 Å². The first-order valence-electron chi connectivity index (χ1n) is 11.8. The fraction of sp³-hybridized carbons (Fsp3) is 0.615. The van der Waals surface area contributed by atoms with Crippen LogP contribution in [-0.4, -0.2) is 11.9 Å². The van der Waals surface area contributed by atoms with E-state index in [9.17, 15) is 10.1 Å². The maximum absolute atomic E-state index is 12.8. The van der Waals surface area contributed by atoms with Gasteiger partial charge >= 0.3 is 0 Å². The number of nitrogens with zero attached hydrogens (tertiary/aromatic N) is 1. The lowest BCUT2D eigenvalue weighted by molar-refractivity contribution is -0.117. The highest BCUT2D eigenvalue weighted by atomic mass is 16.1. The third-order valence-electron chi connectivity index (χ3n) is 6.09. The SMILES string of the molecule is Cc1cccc(C(C)C)c1N/C=C(/C#N)C(=O)NC1CCCCCCCCCCC1. The van der Waals surface area contributed by atoms with Gasteiger partial charge in [-0.1, -0.05) is 89.8 Å². The molecule has 0 aromatic heterocycles. The number of rotatable bonds is 5. The fourth-order valence-corrected chi connectivity index (χ4v) is 4.23. The van der Waals surface area contributed by atoms with Gasteiger partial charge in [0, 0.05) is 17.9 Å². The standard InChI is InChI=1S/C26H39N3O/c1-20(2)24-17-13-14-21(3)25(24)28-19-22(18-27)26(30)29-23-15-11-9-7-5-4-6-8-10-12-16-23/h13-14,17,19-20,23,28H,4-12,15-16H2,1-3H3,(H,29,30)/b22-19-. The Labute approximate surface area is 183 Å². The molecular formula is C26H39N3O. The number of para-hydroxylation sites is 1. The summed E-state index contributed by atoms with van der Waals surface area (Å²) < 4.78 is 0. The van der Waals surface area contributed by atoms with Gasteiger partial charge in [-0.15, -0.1) is 0 Å². The van der Waals surface area contributed by atoms with Crippen LogP contribution in [0.15, 0.2) is 30.0 Å². The zero-order valence-electron chi connectivity index (χ0n) is 19.1. The summed E-state index contributed by atoms with van der Waals surface area (Å²) in [7, 11) is 0. The minimum Gasteiger partial charge on any atom is -0.360 e. The minimum absolute atomic E-state index is 0.138. The number of aryl methyl sites for hydroxylation is 1. The first-order chi connectivity index (χ1) is 14.5. The topological polar surface area (TPSA) is 64.9 Å². The Balaban J connectivity index is 2.03. The normalized spacial score (nSPS) is 17.5. The number of hydrogen-bond acceptors (Lipinski definition) is 3. The number of anilines is 1. The smallest absolute Gasteiger partial charge is 0.263 e. The molecule has 30 heavy (non-hydrogen) atoms. The summed E-state index contributed by atoms with van der Waals surface area (Å²) in [5.74, 6) is 0.0955.